The Morgan fingerprint density at radius 3 is 2.84 bits per heavy atom. The highest BCUT2D eigenvalue weighted by atomic mass is 16.5. The van der Waals surface area contributed by atoms with Gasteiger partial charge in [0, 0.05) is 32.1 Å². The van der Waals surface area contributed by atoms with Gasteiger partial charge in [0.1, 0.15) is 0 Å². The molecule has 106 valence electrons. The van der Waals surface area contributed by atoms with Crippen molar-refractivity contribution in [1.82, 2.24) is 9.97 Å². The van der Waals surface area contributed by atoms with E-state index in [9.17, 15) is 5.11 Å². The van der Waals surface area contributed by atoms with Gasteiger partial charge >= 0.3 is 0 Å². The van der Waals surface area contributed by atoms with Gasteiger partial charge < -0.3 is 14.7 Å². The Labute approximate surface area is 114 Å². The zero-order chi connectivity index (χ0) is 13.7. The van der Waals surface area contributed by atoms with Crippen LogP contribution in [0.1, 0.15) is 33.1 Å². The lowest BCUT2D eigenvalue weighted by molar-refractivity contribution is 0.215. The molecule has 0 radical (unpaired) electrons. The number of hydrogen-bond acceptors (Lipinski definition) is 5. The predicted molar refractivity (Wildman–Crippen MR) is 74.4 cm³/mol. The van der Waals surface area contributed by atoms with Crippen molar-refractivity contribution in [3.8, 4) is 5.88 Å². The average molecular weight is 265 g/mol. The fraction of sp³-hybridized carbons (Fsp3) is 0.714. The van der Waals surface area contributed by atoms with Crippen molar-refractivity contribution >= 4 is 5.82 Å². The van der Waals surface area contributed by atoms with E-state index in [1.54, 1.807) is 12.4 Å². The molecule has 0 bridgehead atoms. The third kappa shape index (κ3) is 3.80. The molecule has 1 atom stereocenters. The monoisotopic (exact) mass is 265 g/mol. The van der Waals surface area contributed by atoms with Crippen molar-refractivity contribution in [2.24, 2.45) is 5.92 Å². The van der Waals surface area contributed by atoms with Crippen LogP contribution in [-0.2, 0) is 0 Å². The smallest absolute Gasteiger partial charge is 0.257 e. The largest absolute Gasteiger partial charge is 0.472 e. The molecule has 5 heteroatoms. The number of hydrogen-bond donors (Lipinski definition) is 1. The maximum atomic E-state index is 9.28. The Morgan fingerprint density at radius 2 is 2.11 bits per heavy atom. The Hall–Kier alpha value is -1.36. The van der Waals surface area contributed by atoms with Crippen molar-refractivity contribution in [2.75, 3.05) is 24.6 Å². The standard InChI is InChI=1S/C14H23N3O2/c1-11(2)19-14-13(15-6-7-16-14)17-8-3-4-12(10-18)5-9-17/h6-7,11-12,18H,3-5,8-10H2,1-2H3. The van der Waals surface area contributed by atoms with Crippen LogP contribution in [0, 0.1) is 5.92 Å². The SMILES string of the molecule is CC(C)Oc1nccnc1N1CCCC(CO)CC1. The van der Waals surface area contributed by atoms with Gasteiger partial charge in [-0.3, -0.25) is 0 Å². The van der Waals surface area contributed by atoms with Gasteiger partial charge in [0.25, 0.3) is 5.88 Å². The summed E-state index contributed by atoms with van der Waals surface area (Å²) < 4.78 is 5.73. The molecular weight excluding hydrogens is 242 g/mol. The summed E-state index contributed by atoms with van der Waals surface area (Å²) >= 11 is 0. The predicted octanol–water partition coefficient (Wildman–Crippen LogP) is 1.86. The molecule has 1 aromatic rings. The number of rotatable bonds is 4. The van der Waals surface area contributed by atoms with E-state index >= 15 is 0 Å². The summed E-state index contributed by atoms with van der Waals surface area (Å²) in [6, 6.07) is 0. The van der Waals surface area contributed by atoms with Gasteiger partial charge in [-0.05, 0) is 39.0 Å². The van der Waals surface area contributed by atoms with Crippen molar-refractivity contribution < 1.29 is 9.84 Å². The van der Waals surface area contributed by atoms with E-state index in [2.05, 4.69) is 14.9 Å². The summed E-state index contributed by atoms with van der Waals surface area (Å²) in [4.78, 5) is 10.9. The van der Waals surface area contributed by atoms with Crippen molar-refractivity contribution in [3.05, 3.63) is 12.4 Å². The minimum Gasteiger partial charge on any atom is -0.472 e. The molecule has 1 fully saturated rings. The number of nitrogens with zero attached hydrogens (tertiary/aromatic N) is 3. The molecule has 2 rings (SSSR count). The van der Waals surface area contributed by atoms with Gasteiger partial charge in [-0.1, -0.05) is 0 Å². The van der Waals surface area contributed by atoms with E-state index in [1.807, 2.05) is 13.8 Å². The van der Waals surface area contributed by atoms with Crippen LogP contribution in [0.5, 0.6) is 5.88 Å². The molecule has 19 heavy (non-hydrogen) atoms. The first kappa shape index (κ1) is 14.1. The Kier molecular flexibility index (Phi) is 4.96. The van der Waals surface area contributed by atoms with Crippen molar-refractivity contribution in [1.29, 1.82) is 0 Å². The van der Waals surface area contributed by atoms with Crippen LogP contribution in [-0.4, -0.2) is 40.9 Å². The van der Waals surface area contributed by atoms with Crippen LogP contribution in [0.4, 0.5) is 5.82 Å². The highest BCUT2D eigenvalue weighted by Gasteiger charge is 2.21. The fourth-order valence-electron chi connectivity index (χ4n) is 2.40. The molecule has 0 spiro atoms. The summed E-state index contributed by atoms with van der Waals surface area (Å²) in [6.07, 6.45) is 6.60. The molecule has 0 amide bonds. The number of ether oxygens (including phenoxy) is 1. The molecule has 1 aromatic heterocycles. The highest BCUT2D eigenvalue weighted by Crippen LogP contribution is 2.27. The zero-order valence-corrected chi connectivity index (χ0v) is 11.7. The van der Waals surface area contributed by atoms with Crippen LogP contribution in [0.15, 0.2) is 12.4 Å². The minimum absolute atomic E-state index is 0.0904. The van der Waals surface area contributed by atoms with Crippen molar-refractivity contribution in [3.63, 3.8) is 0 Å². The molecule has 1 aliphatic heterocycles. The number of aliphatic hydroxyl groups is 1. The van der Waals surface area contributed by atoms with Crippen LogP contribution >= 0.6 is 0 Å². The molecule has 0 aromatic carbocycles. The van der Waals surface area contributed by atoms with Gasteiger partial charge in [-0.25, -0.2) is 9.97 Å². The van der Waals surface area contributed by atoms with Gasteiger partial charge in [-0.15, -0.1) is 0 Å². The second kappa shape index (κ2) is 6.70. The van der Waals surface area contributed by atoms with Crippen LogP contribution in [0.3, 0.4) is 0 Å². The van der Waals surface area contributed by atoms with E-state index in [0.29, 0.717) is 11.8 Å². The average Bonchev–Trinajstić information content (AvgIpc) is 2.64. The Balaban J connectivity index is 2.12. The summed E-state index contributed by atoms with van der Waals surface area (Å²) in [5.41, 5.74) is 0. The minimum atomic E-state index is 0.0904. The fourth-order valence-corrected chi connectivity index (χ4v) is 2.40. The lowest BCUT2D eigenvalue weighted by Gasteiger charge is -2.23. The van der Waals surface area contributed by atoms with E-state index < -0.39 is 0 Å². The maximum Gasteiger partial charge on any atom is 0.257 e. The zero-order valence-electron chi connectivity index (χ0n) is 11.7. The Bertz CT molecular complexity index is 398. The topological polar surface area (TPSA) is 58.5 Å². The highest BCUT2D eigenvalue weighted by molar-refractivity contribution is 5.47. The lowest BCUT2D eigenvalue weighted by Crippen LogP contribution is -2.27. The van der Waals surface area contributed by atoms with E-state index in [1.165, 1.54) is 0 Å². The van der Waals surface area contributed by atoms with Crippen LogP contribution in [0.25, 0.3) is 0 Å². The molecule has 2 heterocycles. The molecule has 1 N–H and O–H groups in total. The van der Waals surface area contributed by atoms with Crippen LogP contribution in [0.2, 0.25) is 0 Å². The first-order valence-corrected chi connectivity index (χ1v) is 7.04. The third-order valence-electron chi connectivity index (χ3n) is 3.40. The lowest BCUT2D eigenvalue weighted by atomic mass is 10.0. The van der Waals surface area contributed by atoms with E-state index in [0.717, 1.165) is 38.2 Å². The molecule has 1 saturated heterocycles. The summed E-state index contributed by atoms with van der Waals surface area (Å²) in [5.74, 6) is 1.85. The molecule has 0 aliphatic carbocycles. The number of aliphatic hydroxyl groups excluding tert-OH is 1. The quantitative estimate of drug-likeness (QED) is 0.900. The van der Waals surface area contributed by atoms with E-state index in [4.69, 9.17) is 4.74 Å². The number of aromatic nitrogens is 2. The summed E-state index contributed by atoms with van der Waals surface area (Å²) in [6.45, 7) is 6.11. The number of anilines is 1. The summed E-state index contributed by atoms with van der Waals surface area (Å²) in [5, 5.41) is 9.28. The van der Waals surface area contributed by atoms with Crippen LogP contribution < -0.4 is 9.64 Å². The van der Waals surface area contributed by atoms with Gasteiger partial charge in [-0.2, -0.15) is 0 Å². The summed E-state index contributed by atoms with van der Waals surface area (Å²) in [7, 11) is 0. The first-order chi connectivity index (χ1) is 9.20. The second-order valence-corrected chi connectivity index (χ2v) is 5.32. The first-order valence-electron chi connectivity index (χ1n) is 7.04. The van der Waals surface area contributed by atoms with Gasteiger partial charge in [0.15, 0.2) is 5.82 Å². The molecule has 1 unspecified atom stereocenters. The van der Waals surface area contributed by atoms with Crippen molar-refractivity contribution in [2.45, 2.75) is 39.2 Å². The molecule has 1 aliphatic rings. The maximum absolute atomic E-state index is 9.28. The van der Waals surface area contributed by atoms with Gasteiger partial charge in [0.2, 0.25) is 0 Å². The normalized spacial score (nSPS) is 20.4. The third-order valence-corrected chi connectivity index (χ3v) is 3.40. The molecule has 5 nitrogen and oxygen atoms in total. The van der Waals surface area contributed by atoms with E-state index in [-0.39, 0.29) is 12.7 Å². The Morgan fingerprint density at radius 1 is 1.32 bits per heavy atom. The molecule has 0 saturated carbocycles. The second-order valence-electron chi connectivity index (χ2n) is 5.32. The molecular formula is C14H23N3O2. The van der Waals surface area contributed by atoms with Gasteiger partial charge in [0.05, 0.1) is 6.10 Å².